The normalized spacial score (nSPS) is 16.5. The first kappa shape index (κ1) is 19.0. The van der Waals surface area contributed by atoms with E-state index in [-0.39, 0.29) is 17.7 Å². The summed E-state index contributed by atoms with van der Waals surface area (Å²) in [5.74, 6) is -0.385. The SMILES string of the molecule is O=C(NC(Cc1ccccc1)C(=O)NC1CCCc2ccccc21)c1ccco1. The van der Waals surface area contributed by atoms with Crippen molar-refractivity contribution in [2.24, 2.45) is 0 Å². The fraction of sp³-hybridized carbons (Fsp3) is 0.250. The van der Waals surface area contributed by atoms with Crippen LogP contribution in [0.1, 0.15) is 46.1 Å². The molecule has 5 nitrogen and oxygen atoms in total. The number of nitrogens with one attached hydrogen (secondary N) is 2. The average Bonchev–Trinajstić information content (AvgIpc) is 3.29. The highest BCUT2D eigenvalue weighted by Crippen LogP contribution is 2.29. The van der Waals surface area contributed by atoms with Crippen molar-refractivity contribution in [2.75, 3.05) is 0 Å². The maximum atomic E-state index is 13.2. The molecular formula is C24H24N2O3. The van der Waals surface area contributed by atoms with Crippen molar-refractivity contribution in [1.82, 2.24) is 10.6 Å². The van der Waals surface area contributed by atoms with Gasteiger partial charge < -0.3 is 15.1 Å². The average molecular weight is 388 g/mol. The van der Waals surface area contributed by atoms with E-state index in [1.165, 1.54) is 17.4 Å². The minimum absolute atomic E-state index is 0.0359. The lowest BCUT2D eigenvalue weighted by Gasteiger charge is -2.28. The maximum Gasteiger partial charge on any atom is 0.287 e. The van der Waals surface area contributed by atoms with E-state index in [0.29, 0.717) is 6.42 Å². The maximum absolute atomic E-state index is 13.2. The van der Waals surface area contributed by atoms with Crippen LogP contribution < -0.4 is 10.6 Å². The molecule has 148 valence electrons. The van der Waals surface area contributed by atoms with E-state index in [4.69, 9.17) is 4.42 Å². The summed E-state index contributed by atoms with van der Waals surface area (Å²) < 4.78 is 5.18. The van der Waals surface area contributed by atoms with Crippen molar-refractivity contribution in [3.05, 3.63) is 95.4 Å². The van der Waals surface area contributed by atoms with E-state index in [9.17, 15) is 9.59 Å². The predicted octanol–water partition coefficient (Wildman–Crippen LogP) is 3.81. The van der Waals surface area contributed by atoms with Crippen molar-refractivity contribution in [2.45, 2.75) is 37.8 Å². The largest absolute Gasteiger partial charge is 0.459 e. The van der Waals surface area contributed by atoms with Crippen molar-refractivity contribution in [1.29, 1.82) is 0 Å². The fourth-order valence-electron chi connectivity index (χ4n) is 3.87. The molecule has 0 spiro atoms. The highest BCUT2D eigenvalue weighted by molar-refractivity contribution is 5.95. The molecule has 1 heterocycles. The Kier molecular flexibility index (Phi) is 5.75. The van der Waals surface area contributed by atoms with E-state index in [1.807, 2.05) is 42.5 Å². The summed E-state index contributed by atoms with van der Waals surface area (Å²) in [4.78, 5) is 25.7. The molecule has 0 fully saturated rings. The molecular weight excluding hydrogens is 364 g/mol. The van der Waals surface area contributed by atoms with Gasteiger partial charge in [0.2, 0.25) is 5.91 Å². The van der Waals surface area contributed by atoms with Gasteiger partial charge in [0, 0.05) is 6.42 Å². The topological polar surface area (TPSA) is 71.3 Å². The number of amides is 2. The lowest BCUT2D eigenvalue weighted by Crippen LogP contribution is -2.49. The van der Waals surface area contributed by atoms with Gasteiger partial charge in [0.25, 0.3) is 5.91 Å². The molecule has 0 radical (unpaired) electrons. The Balaban J connectivity index is 1.52. The molecule has 0 saturated carbocycles. The summed E-state index contributed by atoms with van der Waals surface area (Å²) in [7, 11) is 0. The molecule has 3 aromatic rings. The molecule has 5 heteroatoms. The molecule has 2 N–H and O–H groups in total. The Bertz CT molecular complexity index is 967. The summed E-state index contributed by atoms with van der Waals surface area (Å²) >= 11 is 0. The molecule has 29 heavy (non-hydrogen) atoms. The van der Waals surface area contributed by atoms with Crippen LogP contribution in [0.3, 0.4) is 0 Å². The summed E-state index contributed by atoms with van der Waals surface area (Å²) in [6.07, 6.45) is 4.82. The zero-order chi connectivity index (χ0) is 20.1. The minimum atomic E-state index is -0.691. The molecule has 0 aliphatic heterocycles. The summed E-state index contributed by atoms with van der Waals surface area (Å²) in [5.41, 5.74) is 3.43. The molecule has 2 unspecified atom stereocenters. The number of carbonyl (C=O) groups is 2. The van der Waals surface area contributed by atoms with Crippen molar-refractivity contribution in [3.8, 4) is 0 Å². The number of rotatable bonds is 6. The van der Waals surface area contributed by atoms with Crippen LogP contribution in [0.2, 0.25) is 0 Å². The molecule has 1 aromatic heterocycles. The van der Waals surface area contributed by atoms with Crippen molar-refractivity contribution >= 4 is 11.8 Å². The number of fused-ring (bicyclic) bond motifs is 1. The summed E-state index contributed by atoms with van der Waals surface area (Å²) in [6, 6.07) is 20.4. The zero-order valence-electron chi connectivity index (χ0n) is 16.1. The van der Waals surface area contributed by atoms with Gasteiger partial charge in [-0.15, -0.1) is 0 Å². The first-order chi connectivity index (χ1) is 14.2. The van der Waals surface area contributed by atoms with Gasteiger partial charge in [-0.25, -0.2) is 0 Å². The van der Waals surface area contributed by atoms with E-state index < -0.39 is 11.9 Å². The van der Waals surface area contributed by atoms with Gasteiger partial charge in [0.1, 0.15) is 6.04 Å². The summed E-state index contributed by atoms with van der Waals surface area (Å²) in [5, 5.41) is 6.00. The highest BCUT2D eigenvalue weighted by atomic mass is 16.3. The Hall–Kier alpha value is -3.34. The van der Waals surface area contributed by atoms with Gasteiger partial charge in [-0.3, -0.25) is 9.59 Å². The van der Waals surface area contributed by atoms with E-state index >= 15 is 0 Å². The molecule has 1 aliphatic carbocycles. The third-order valence-corrected chi connectivity index (χ3v) is 5.34. The Morgan fingerprint density at radius 1 is 1.00 bits per heavy atom. The monoisotopic (exact) mass is 388 g/mol. The van der Waals surface area contributed by atoms with Gasteiger partial charge in [0.15, 0.2) is 5.76 Å². The number of carbonyl (C=O) groups excluding carboxylic acids is 2. The molecule has 0 bridgehead atoms. The molecule has 2 atom stereocenters. The van der Waals surface area contributed by atoms with Crippen LogP contribution in [0, 0.1) is 0 Å². The molecule has 2 amide bonds. The van der Waals surface area contributed by atoms with Crippen LogP contribution in [0.4, 0.5) is 0 Å². The number of hydrogen-bond acceptors (Lipinski definition) is 3. The standard InChI is InChI=1S/C24H24N2O3/c27-23(25-20-13-6-11-18-10-4-5-12-19(18)20)21(16-17-8-2-1-3-9-17)26-24(28)22-14-7-15-29-22/h1-5,7-10,12,14-15,20-21H,6,11,13,16H2,(H,25,27)(H,26,28). The van der Waals surface area contributed by atoms with Crippen molar-refractivity contribution in [3.63, 3.8) is 0 Å². The number of benzene rings is 2. The van der Waals surface area contributed by atoms with Gasteiger partial charge in [-0.2, -0.15) is 0 Å². The second-order valence-corrected chi connectivity index (χ2v) is 7.35. The van der Waals surface area contributed by atoms with Gasteiger partial charge in [-0.05, 0) is 48.1 Å². The zero-order valence-corrected chi connectivity index (χ0v) is 16.1. The smallest absolute Gasteiger partial charge is 0.287 e. The Morgan fingerprint density at radius 3 is 2.59 bits per heavy atom. The number of furan rings is 1. The summed E-state index contributed by atoms with van der Waals surface area (Å²) in [6.45, 7) is 0. The predicted molar refractivity (Wildman–Crippen MR) is 110 cm³/mol. The highest BCUT2D eigenvalue weighted by Gasteiger charge is 2.27. The quantitative estimate of drug-likeness (QED) is 0.674. The molecule has 4 rings (SSSR count). The Labute approximate surface area is 170 Å². The van der Waals surface area contributed by atoms with E-state index in [2.05, 4.69) is 22.8 Å². The van der Waals surface area contributed by atoms with Crippen LogP contribution in [0.15, 0.2) is 77.4 Å². The first-order valence-corrected chi connectivity index (χ1v) is 9.97. The molecule has 1 aliphatic rings. The van der Waals surface area contributed by atoms with Crippen LogP contribution in [0.25, 0.3) is 0 Å². The van der Waals surface area contributed by atoms with Gasteiger partial charge >= 0.3 is 0 Å². The fourth-order valence-corrected chi connectivity index (χ4v) is 3.87. The molecule has 2 aromatic carbocycles. The van der Waals surface area contributed by atoms with Gasteiger partial charge in [0.05, 0.1) is 12.3 Å². The number of aryl methyl sites for hydroxylation is 1. The van der Waals surface area contributed by atoms with E-state index in [1.54, 1.807) is 12.1 Å². The van der Waals surface area contributed by atoms with E-state index in [0.717, 1.165) is 24.8 Å². The van der Waals surface area contributed by atoms with Crippen LogP contribution in [0.5, 0.6) is 0 Å². The number of hydrogen-bond donors (Lipinski definition) is 2. The first-order valence-electron chi connectivity index (χ1n) is 9.97. The Morgan fingerprint density at radius 2 is 1.79 bits per heavy atom. The van der Waals surface area contributed by atoms with Crippen LogP contribution in [-0.4, -0.2) is 17.9 Å². The van der Waals surface area contributed by atoms with Gasteiger partial charge in [-0.1, -0.05) is 54.6 Å². The van der Waals surface area contributed by atoms with Crippen LogP contribution in [-0.2, 0) is 17.6 Å². The lowest BCUT2D eigenvalue weighted by atomic mass is 9.87. The lowest BCUT2D eigenvalue weighted by molar-refractivity contribution is -0.123. The molecule has 0 saturated heterocycles. The third-order valence-electron chi connectivity index (χ3n) is 5.34. The van der Waals surface area contributed by atoms with Crippen molar-refractivity contribution < 1.29 is 14.0 Å². The third kappa shape index (κ3) is 4.57. The second-order valence-electron chi connectivity index (χ2n) is 7.35. The second kappa shape index (κ2) is 8.78. The van der Waals surface area contributed by atoms with Crippen LogP contribution >= 0.6 is 0 Å². The minimum Gasteiger partial charge on any atom is -0.459 e.